The molecule has 270 valence electrons. The number of nitrogens with one attached hydrogen (secondary N) is 2. The molecule has 0 radical (unpaired) electrons. The Hall–Kier alpha value is -4.74. The first-order chi connectivity index (χ1) is 26.1. The van der Waals surface area contributed by atoms with E-state index in [1.807, 2.05) is 145 Å². The summed E-state index contributed by atoms with van der Waals surface area (Å²) in [5.74, 6) is -2.71. The van der Waals surface area contributed by atoms with E-state index in [9.17, 15) is 19.2 Å². The predicted molar refractivity (Wildman–Crippen MR) is 215 cm³/mol. The van der Waals surface area contributed by atoms with Crippen molar-refractivity contribution in [2.24, 2.45) is 11.8 Å². The Labute approximate surface area is 330 Å². The molecule has 4 aliphatic rings. The van der Waals surface area contributed by atoms with Crippen LogP contribution in [0.25, 0.3) is 0 Å². The number of amides is 2. The van der Waals surface area contributed by atoms with E-state index < -0.39 is 22.9 Å². The molecule has 0 aromatic heterocycles. The summed E-state index contributed by atoms with van der Waals surface area (Å²) < 4.78 is 1.66. The van der Waals surface area contributed by atoms with Crippen LogP contribution >= 0.6 is 31.9 Å². The molecular weight excluding hydrogens is 808 g/mol. The maximum absolute atomic E-state index is 14.7. The quantitative estimate of drug-likeness (QED) is 0.169. The van der Waals surface area contributed by atoms with Gasteiger partial charge in [-0.3, -0.25) is 29.0 Å². The van der Waals surface area contributed by atoms with Crippen LogP contribution in [-0.2, 0) is 20.7 Å². The van der Waals surface area contributed by atoms with Crippen LogP contribution < -0.4 is 10.6 Å². The van der Waals surface area contributed by atoms with Crippen molar-refractivity contribution in [3.05, 3.63) is 164 Å². The Morgan fingerprint density at radius 2 is 0.944 bits per heavy atom. The molecule has 5 aromatic carbocycles. The molecule has 2 amide bonds. The normalized spacial score (nSPS) is 27.3. The lowest BCUT2D eigenvalue weighted by Gasteiger charge is -2.35. The fourth-order valence-electron chi connectivity index (χ4n) is 9.98. The second-order valence-corrected chi connectivity index (χ2v) is 16.7. The van der Waals surface area contributed by atoms with Gasteiger partial charge in [0.1, 0.15) is 11.1 Å². The second-order valence-electron chi connectivity index (χ2n) is 14.9. The van der Waals surface area contributed by atoms with Gasteiger partial charge < -0.3 is 10.6 Å². The fourth-order valence-corrected chi connectivity index (χ4v) is 10.7. The van der Waals surface area contributed by atoms with Gasteiger partial charge in [-0.15, -0.1) is 0 Å². The number of ketones is 2. The van der Waals surface area contributed by atoms with Crippen LogP contribution in [0.15, 0.2) is 130 Å². The largest absolute Gasteiger partial charge is 0.324 e. The summed E-state index contributed by atoms with van der Waals surface area (Å²) in [4.78, 5) is 62.0. The third-order valence-electron chi connectivity index (χ3n) is 12.3. The van der Waals surface area contributed by atoms with Crippen molar-refractivity contribution in [1.82, 2.24) is 9.80 Å². The van der Waals surface area contributed by atoms with Crippen LogP contribution in [0.2, 0.25) is 0 Å². The van der Waals surface area contributed by atoms with Gasteiger partial charge in [-0.1, -0.05) is 117 Å². The van der Waals surface area contributed by atoms with Crippen LogP contribution in [0, 0.1) is 11.8 Å². The van der Waals surface area contributed by atoms with E-state index in [1.54, 1.807) is 0 Å². The number of fused-ring (bicyclic) bond motifs is 4. The van der Waals surface area contributed by atoms with Crippen molar-refractivity contribution in [1.29, 1.82) is 0 Å². The minimum absolute atomic E-state index is 0.0954. The molecule has 2 fully saturated rings. The SMILES string of the molecule is CN1CC(c2ccc(C3CN(C)C4(C(=O)Nc5ccc(Br)cc54)C3C(=O)c3ccccc3)cc2)C(C(=O)c2ccccc2)C12C(=O)Nc1ccc(Br)cc12. The van der Waals surface area contributed by atoms with Crippen molar-refractivity contribution >= 4 is 66.6 Å². The van der Waals surface area contributed by atoms with Crippen LogP contribution in [-0.4, -0.2) is 60.4 Å². The first kappa shape index (κ1) is 35.0. The molecule has 4 aliphatic heterocycles. The number of likely N-dealkylation sites (tertiary alicyclic amines) is 2. The summed E-state index contributed by atoms with van der Waals surface area (Å²) in [7, 11) is 3.84. The number of halogens is 2. The molecule has 0 saturated carbocycles. The number of nitrogens with zero attached hydrogens (tertiary/aromatic N) is 2. The highest BCUT2D eigenvalue weighted by Gasteiger charge is 2.66. The van der Waals surface area contributed by atoms with Crippen molar-refractivity contribution < 1.29 is 19.2 Å². The molecule has 10 heteroatoms. The number of hydrogen-bond donors (Lipinski definition) is 2. The van der Waals surface area contributed by atoms with Gasteiger partial charge in [0.25, 0.3) is 0 Å². The Balaban J connectivity index is 1.15. The first-order valence-electron chi connectivity index (χ1n) is 18.0. The lowest BCUT2D eigenvalue weighted by molar-refractivity contribution is -0.127. The van der Waals surface area contributed by atoms with Gasteiger partial charge in [0.2, 0.25) is 11.8 Å². The maximum Gasteiger partial charge on any atom is 0.250 e. The molecule has 6 atom stereocenters. The molecule has 0 aliphatic carbocycles. The summed E-state index contributed by atoms with van der Waals surface area (Å²) in [5, 5.41) is 6.17. The van der Waals surface area contributed by atoms with Gasteiger partial charge in [-0.25, -0.2) is 0 Å². The number of Topliss-reactive ketones (excluding diaryl/α,β-unsaturated/α-hetero) is 2. The van der Waals surface area contributed by atoms with Crippen LogP contribution in [0.4, 0.5) is 11.4 Å². The Kier molecular flexibility index (Phi) is 8.39. The monoisotopic (exact) mass is 842 g/mol. The lowest BCUT2D eigenvalue weighted by Crippen LogP contribution is -2.51. The summed E-state index contributed by atoms with van der Waals surface area (Å²) in [5.41, 5.74) is 3.48. The fraction of sp³-hybridized carbons (Fsp3) is 0.227. The zero-order valence-electron chi connectivity index (χ0n) is 29.6. The maximum atomic E-state index is 14.7. The van der Waals surface area contributed by atoms with E-state index in [0.717, 1.165) is 31.2 Å². The molecule has 8 nitrogen and oxygen atoms in total. The minimum Gasteiger partial charge on any atom is -0.324 e. The Morgan fingerprint density at radius 3 is 1.31 bits per heavy atom. The first-order valence-corrected chi connectivity index (χ1v) is 19.6. The highest BCUT2D eigenvalue weighted by atomic mass is 79.9. The number of likely N-dealkylation sites (N-methyl/N-ethyl adjacent to an activating group) is 2. The van der Waals surface area contributed by atoms with Crippen molar-refractivity contribution in [2.45, 2.75) is 22.9 Å². The molecule has 5 aromatic rings. The average Bonchev–Trinajstić information content (AvgIpc) is 3.87. The molecule has 9 rings (SSSR count). The third-order valence-corrected chi connectivity index (χ3v) is 13.3. The standard InChI is InChI=1S/C44H36Br2N4O4/c1-49-23-31(37(39(51)27-9-5-3-6-10-27)43(49)33-21-29(45)17-19-35(33)47-41(43)53)25-13-15-26(16-14-25)32-24-50(2)44(38(32)40(52)28-11-7-4-8-12-28)34-22-30(46)18-20-36(34)48-42(44)54/h3-22,31-32,37-38H,23-24H2,1-2H3,(H,47,53)(H,48,54). The van der Waals surface area contributed by atoms with Gasteiger partial charge in [-0.05, 0) is 61.6 Å². The molecule has 54 heavy (non-hydrogen) atoms. The van der Waals surface area contributed by atoms with Gasteiger partial charge in [0, 0.05) is 67.5 Å². The van der Waals surface area contributed by atoms with E-state index in [-0.39, 0.29) is 35.2 Å². The predicted octanol–water partition coefficient (Wildman–Crippen LogP) is 7.96. The van der Waals surface area contributed by atoms with Gasteiger partial charge >= 0.3 is 0 Å². The summed E-state index contributed by atoms with van der Waals surface area (Å²) in [6.07, 6.45) is 0. The molecule has 6 unspecified atom stereocenters. The zero-order valence-corrected chi connectivity index (χ0v) is 32.7. The molecular formula is C44H36Br2N4O4. The van der Waals surface area contributed by atoms with Crippen molar-refractivity contribution in [3.63, 3.8) is 0 Å². The smallest absolute Gasteiger partial charge is 0.250 e. The summed E-state index contributed by atoms with van der Waals surface area (Å²) in [6, 6.07) is 38.0. The summed E-state index contributed by atoms with van der Waals surface area (Å²) in [6.45, 7) is 0.941. The van der Waals surface area contributed by atoms with Gasteiger partial charge in [0.15, 0.2) is 11.6 Å². The topological polar surface area (TPSA) is 98.8 Å². The highest BCUT2D eigenvalue weighted by molar-refractivity contribution is 9.10. The summed E-state index contributed by atoms with van der Waals surface area (Å²) >= 11 is 7.22. The molecule has 2 spiro atoms. The third kappa shape index (κ3) is 4.93. The van der Waals surface area contributed by atoms with Crippen LogP contribution in [0.3, 0.4) is 0 Å². The highest BCUT2D eigenvalue weighted by Crippen LogP contribution is 2.58. The number of benzene rings is 5. The average molecular weight is 845 g/mol. The van der Waals surface area contributed by atoms with E-state index in [2.05, 4.69) is 42.5 Å². The second kappa shape index (κ2) is 12.9. The van der Waals surface area contributed by atoms with E-state index >= 15 is 0 Å². The number of anilines is 2. The molecule has 4 heterocycles. The Morgan fingerprint density at radius 1 is 0.574 bits per heavy atom. The zero-order chi connectivity index (χ0) is 37.5. The number of rotatable bonds is 6. The van der Waals surface area contributed by atoms with Gasteiger partial charge in [-0.2, -0.15) is 0 Å². The van der Waals surface area contributed by atoms with Crippen molar-refractivity contribution in [2.75, 3.05) is 37.8 Å². The Bertz CT molecular complexity index is 2210. The lowest BCUT2D eigenvalue weighted by atomic mass is 9.69. The minimum atomic E-state index is -1.22. The van der Waals surface area contributed by atoms with E-state index in [0.29, 0.717) is 35.6 Å². The van der Waals surface area contributed by atoms with Gasteiger partial charge in [0.05, 0.1) is 11.8 Å². The van der Waals surface area contributed by atoms with E-state index in [1.165, 1.54) is 0 Å². The van der Waals surface area contributed by atoms with Crippen LogP contribution in [0.1, 0.15) is 54.8 Å². The number of hydrogen-bond acceptors (Lipinski definition) is 6. The molecule has 0 bridgehead atoms. The number of carbonyl (C=O) groups excluding carboxylic acids is 4. The van der Waals surface area contributed by atoms with Crippen LogP contribution in [0.5, 0.6) is 0 Å². The number of carbonyl (C=O) groups is 4. The molecule has 2 saturated heterocycles. The molecule has 2 N–H and O–H groups in total. The van der Waals surface area contributed by atoms with E-state index in [4.69, 9.17) is 0 Å². The van der Waals surface area contributed by atoms with Crippen molar-refractivity contribution in [3.8, 4) is 0 Å².